The van der Waals surface area contributed by atoms with Gasteiger partial charge in [0.25, 0.3) is 35.4 Å². The summed E-state index contributed by atoms with van der Waals surface area (Å²) in [6.45, 7) is 0. The van der Waals surface area contributed by atoms with E-state index in [2.05, 4.69) is 0 Å². The predicted molar refractivity (Wildman–Crippen MR) is 192 cm³/mol. The summed E-state index contributed by atoms with van der Waals surface area (Å²) in [6, 6.07) is 37.1. The van der Waals surface area contributed by atoms with Gasteiger partial charge in [-0.15, -0.1) is 0 Å². The Labute approximate surface area is 300 Å². The molecule has 0 saturated heterocycles. The molecule has 6 aromatic carbocycles. The molecule has 11 nitrogen and oxygen atoms in total. The van der Waals surface area contributed by atoms with Crippen LogP contribution in [0.3, 0.4) is 0 Å². The third-order valence-corrected chi connectivity index (χ3v) is 9.13. The monoisotopic (exact) mass is 697 g/mol. The van der Waals surface area contributed by atoms with Gasteiger partial charge >= 0.3 is 0 Å². The van der Waals surface area contributed by atoms with Crippen molar-refractivity contribution in [1.82, 2.24) is 0 Å². The lowest BCUT2D eigenvalue weighted by Crippen LogP contribution is -2.29. The van der Waals surface area contributed by atoms with Gasteiger partial charge in [-0.05, 0) is 72.8 Å². The lowest BCUT2D eigenvalue weighted by molar-refractivity contribution is 0.0910. The minimum atomic E-state index is -0.543. The Kier molecular flexibility index (Phi) is 7.09. The summed E-state index contributed by atoms with van der Waals surface area (Å²) < 4.78 is 12.4. The first kappa shape index (κ1) is 31.3. The van der Waals surface area contributed by atoms with E-state index in [9.17, 15) is 28.8 Å². The van der Waals surface area contributed by atoms with Crippen LogP contribution in [0.25, 0.3) is 0 Å². The van der Waals surface area contributed by atoms with Crippen LogP contribution in [0.2, 0.25) is 0 Å². The fraction of sp³-hybridized carbons (Fsp3) is 0. The second-order valence-electron chi connectivity index (χ2n) is 12.3. The van der Waals surface area contributed by atoms with Gasteiger partial charge in [-0.25, -0.2) is 14.7 Å². The van der Waals surface area contributed by atoms with Crippen molar-refractivity contribution >= 4 is 52.5 Å². The van der Waals surface area contributed by atoms with E-state index in [0.29, 0.717) is 11.4 Å². The Morgan fingerprint density at radius 3 is 1.04 bits per heavy atom. The molecule has 6 aromatic rings. The third kappa shape index (κ3) is 5.06. The summed E-state index contributed by atoms with van der Waals surface area (Å²) in [5.41, 5.74) is 2.19. The molecule has 3 aliphatic heterocycles. The van der Waals surface area contributed by atoms with Crippen molar-refractivity contribution in [3.05, 3.63) is 173 Å². The normalized spacial score (nSPS) is 14.5. The molecule has 0 unspecified atom stereocenters. The minimum Gasteiger partial charge on any atom is -0.457 e. The Morgan fingerprint density at radius 2 is 0.623 bits per heavy atom. The number of carbonyl (C=O) groups is 6. The van der Waals surface area contributed by atoms with E-state index >= 15 is 0 Å². The zero-order chi connectivity index (χ0) is 36.4. The molecule has 11 heteroatoms. The molecular weight excluding hydrogens is 674 g/mol. The number of carbonyl (C=O) groups excluding carboxylic acids is 6. The maximum absolute atomic E-state index is 13.5. The molecule has 0 spiro atoms. The zero-order valence-electron chi connectivity index (χ0n) is 27.4. The van der Waals surface area contributed by atoms with Crippen molar-refractivity contribution < 1.29 is 38.2 Å². The van der Waals surface area contributed by atoms with Crippen molar-refractivity contribution in [3.63, 3.8) is 0 Å². The summed E-state index contributed by atoms with van der Waals surface area (Å²) in [4.78, 5) is 83.4. The van der Waals surface area contributed by atoms with E-state index in [0.717, 1.165) is 14.7 Å². The quantitative estimate of drug-likeness (QED) is 0.155. The highest BCUT2D eigenvalue weighted by Crippen LogP contribution is 2.39. The molecule has 9 rings (SSSR count). The molecule has 0 atom stereocenters. The van der Waals surface area contributed by atoms with Gasteiger partial charge in [0.2, 0.25) is 0 Å². The van der Waals surface area contributed by atoms with Crippen molar-refractivity contribution in [1.29, 1.82) is 0 Å². The van der Waals surface area contributed by atoms with Crippen LogP contribution in [0.4, 0.5) is 17.1 Å². The minimum absolute atomic E-state index is 0.133. The van der Waals surface area contributed by atoms with Crippen LogP contribution in [-0.4, -0.2) is 35.4 Å². The molecule has 0 radical (unpaired) electrons. The highest BCUT2D eigenvalue weighted by atomic mass is 16.5. The maximum Gasteiger partial charge on any atom is 0.266 e. The fourth-order valence-electron chi connectivity index (χ4n) is 6.69. The largest absolute Gasteiger partial charge is 0.457 e. The van der Waals surface area contributed by atoms with Crippen LogP contribution in [-0.2, 0) is 0 Å². The van der Waals surface area contributed by atoms with Gasteiger partial charge in [-0.2, -0.15) is 0 Å². The lowest BCUT2D eigenvalue weighted by atomic mass is 10.1. The Bertz CT molecular complexity index is 2430. The van der Waals surface area contributed by atoms with Crippen LogP contribution < -0.4 is 24.2 Å². The molecule has 0 N–H and O–H groups in total. The fourth-order valence-corrected chi connectivity index (χ4v) is 6.69. The summed E-state index contributed by atoms with van der Waals surface area (Å²) in [6.07, 6.45) is 0. The van der Waals surface area contributed by atoms with E-state index in [1.807, 2.05) is 0 Å². The smallest absolute Gasteiger partial charge is 0.266 e. The average Bonchev–Trinajstić information content (AvgIpc) is 3.69. The predicted octanol–water partition coefficient (Wildman–Crippen LogP) is 7.67. The van der Waals surface area contributed by atoms with Crippen LogP contribution in [0.15, 0.2) is 140 Å². The molecule has 53 heavy (non-hydrogen) atoms. The van der Waals surface area contributed by atoms with E-state index in [4.69, 9.17) is 9.47 Å². The number of fused-ring (bicyclic) bond motifs is 3. The molecule has 0 fully saturated rings. The Hall–Kier alpha value is -7.66. The van der Waals surface area contributed by atoms with E-state index in [-0.39, 0.29) is 62.1 Å². The van der Waals surface area contributed by atoms with E-state index < -0.39 is 35.4 Å². The highest BCUT2D eigenvalue weighted by molar-refractivity contribution is 6.36. The number of hydrogen-bond donors (Lipinski definition) is 0. The molecular formula is C42H23N3O8. The number of ether oxygens (including phenoxy) is 2. The number of rotatable bonds is 7. The number of benzene rings is 6. The number of imide groups is 3. The van der Waals surface area contributed by atoms with Gasteiger partial charge in [-0.1, -0.05) is 48.5 Å². The Morgan fingerprint density at radius 1 is 0.283 bits per heavy atom. The lowest BCUT2D eigenvalue weighted by Gasteiger charge is -2.18. The second-order valence-corrected chi connectivity index (χ2v) is 12.3. The average molecular weight is 698 g/mol. The highest BCUT2D eigenvalue weighted by Gasteiger charge is 2.39. The SMILES string of the molecule is O=C1c2ccccc2C(=O)N1c1cc(Oc2ccc3c(c2)C(=O)N(c2ccccc2)C3=O)cc(Oc2ccc3c(c2)C(=O)N(c2ccccc2)C3=O)c1. The van der Waals surface area contributed by atoms with Crippen LogP contribution in [0.5, 0.6) is 23.0 Å². The first-order valence-corrected chi connectivity index (χ1v) is 16.4. The van der Waals surface area contributed by atoms with Crippen LogP contribution >= 0.6 is 0 Å². The zero-order valence-corrected chi connectivity index (χ0v) is 27.4. The molecule has 3 heterocycles. The molecule has 0 aromatic heterocycles. The van der Waals surface area contributed by atoms with Crippen LogP contribution in [0, 0.1) is 0 Å². The van der Waals surface area contributed by atoms with Crippen molar-refractivity contribution in [2.24, 2.45) is 0 Å². The van der Waals surface area contributed by atoms with E-state index in [1.54, 1.807) is 84.9 Å². The van der Waals surface area contributed by atoms with Gasteiger partial charge in [0.15, 0.2) is 0 Å². The number of amides is 6. The second kappa shape index (κ2) is 12.0. The molecule has 0 saturated carbocycles. The Balaban J connectivity index is 1.07. The summed E-state index contributed by atoms with van der Waals surface area (Å²) >= 11 is 0. The summed E-state index contributed by atoms with van der Waals surface area (Å²) in [5.74, 6) is -2.37. The molecule has 0 aliphatic carbocycles. The topological polar surface area (TPSA) is 131 Å². The van der Waals surface area contributed by atoms with E-state index in [1.165, 1.54) is 54.6 Å². The van der Waals surface area contributed by atoms with Gasteiger partial charge in [-0.3, -0.25) is 28.8 Å². The number of hydrogen-bond acceptors (Lipinski definition) is 8. The first-order valence-electron chi connectivity index (χ1n) is 16.4. The van der Waals surface area contributed by atoms with Crippen molar-refractivity contribution in [3.8, 4) is 23.0 Å². The van der Waals surface area contributed by atoms with Gasteiger partial charge in [0, 0.05) is 18.2 Å². The van der Waals surface area contributed by atoms with Crippen molar-refractivity contribution in [2.75, 3.05) is 14.7 Å². The molecule has 0 bridgehead atoms. The number of nitrogens with zero attached hydrogens (tertiary/aromatic N) is 3. The first-order chi connectivity index (χ1) is 25.8. The molecule has 6 amide bonds. The molecule has 3 aliphatic rings. The standard InChI is InChI=1S/C42H23N3O8/c46-37-31-13-7-8-14-32(31)38(47)45(37)26-19-29(52-27-15-17-33-35(22-27)41(50)43(39(33)48)24-9-3-1-4-10-24)21-30(20-26)53-28-16-18-34-36(23-28)42(51)44(40(34)49)25-11-5-2-6-12-25/h1-23H. The maximum atomic E-state index is 13.5. The van der Waals surface area contributed by atoms with Gasteiger partial charge in [0.1, 0.15) is 23.0 Å². The number of para-hydroxylation sites is 2. The summed E-state index contributed by atoms with van der Waals surface area (Å²) in [5, 5.41) is 0. The van der Waals surface area contributed by atoms with Crippen molar-refractivity contribution in [2.45, 2.75) is 0 Å². The van der Waals surface area contributed by atoms with Crippen LogP contribution in [0.1, 0.15) is 62.1 Å². The third-order valence-electron chi connectivity index (χ3n) is 9.13. The summed E-state index contributed by atoms with van der Waals surface area (Å²) in [7, 11) is 0. The number of anilines is 3. The van der Waals surface area contributed by atoms with Gasteiger partial charge in [0.05, 0.1) is 50.4 Å². The van der Waals surface area contributed by atoms with Gasteiger partial charge < -0.3 is 9.47 Å². The molecule has 254 valence electrons.